The minimum Gasteiger partial charge on any atom is -0.388 e. The van der Waals surface area contributed by atoms with E-state index in [0.29, 0.717) is 45.0 Å². The smallest absolute Gasteiger partial charge is 0.296 e. The first kappa shape index (κ1) is 19.1. The van der Waals surface area contributed by atoms with Crippen LogP contribution in [0.25, 0.3) is 0 Å². The third-order valence-electron chi connectivity index (χ3n) is 5.89. The molecule has 1 aromatic rings. The van der Waals surface area contributed by atoms with Gasteiger partial charge in [0.2, 0.25) is 0 Å². The molecule has 7 nitrogen and oxygen atoms in total. The summed E-state index contributed by atoms with van der Waals surface area (Å²) in [5, 5.41) is 11.3. The van der Waals surface area contributed by atoms with Crippen molar-refractivity contribution in [2.45, 2.75) is 25.9 Å². The van der Waals surface area contributed by atoms with Gasteiger partial charge >= 0.3 is 0 Å². The highest BCUT2D eigenvalue weighted by molar-refractivity contribution is 6.42. The van der Waals surface area contributed by atoms with Crippen molar-refractivity contribution in [3.8, 4) is 0 Å². The fourth-order valence-corrected chi connectivity index (χ4v) is 3.91. The number of β-amino-alcohol motifs (C(OH)–C–C–N with tert-alkyl or cyclic N) is 1. The van der Waals surface area contributed by atoms with E-state index in [1.165, 1.54) is 0 Å². The number of carbonyl (C=O) groups is 2. The van der Waals surface area contributed by atoms with Gasteiger partial charge in [-0.05, 0) is 18.6 Å². The highest BCUT2D eigenvalue weighted by atomic mass is 16.5. The Kier molecular flexibility index (Phi) is 5.23. The highest BCUT2D eigenvalue weighted by Gasteiger charge is 2.50. The lowest BCUT2D eigenvalue weighted by Gasteiger charge is -2.52. The third-order valence-corrected chi connectivity index (χ3v) is 5.89. The maximum atomic E-state index is 12.7. The fraction of sp³-hybridized carbons (Fsp3) is 0.684. The Morgan fingerprint density at radius 3 is 2.50 bits per heavy atom. The second-order valence-electron chi connectivity index (χ2n) is 8.11. The molecule has 2 fully saturated rings. The van der Waals surface area contributed by atoms with E-state index in [1.54, 1.807) is 34.8 Å². The van der Waals surface area contributed by atoms with Crippen molar-refractivity contribution in [3.05, 3.63) is 24.0 Å². The first-order chi connectivity index (χ1) is 12.2. The fourth-order valence-electron chi connectivity index (χ4n) is 3.91. The number of aliphatic hydroxyl groups is 1. The number of Topliss-reactive ketones (excluding diaryl/α,β-unsaturated/α-hetero) is 1. The van der Waals surface area contributed by atoms with Gasteiger partial charge in [0.1, 0.15) is 0 Å². The molecule has 2 aliphatic rings. The van der Waals surface area contributed by atoms with Gasteiger partial charge in [-0.15, -0.1) is 0 Å². The summed E-state index contributed by atoms with van der Waals surface area (Å²) in [7, 11) is 1.75. The lowest BCUT2D eigenvalue weighted by atomic mass is 9.69. The molecule has 1 amide bonds. The molecule has 26 heavy (non-hydrogen) atoms. The SMILES string of the molecule is Cn1cccc1C(=O)C(=O)N1CCC(O)(CN2CCOCC2)C(C)(C)C1. The zero-order chi connectivity index (χ0) is 18.9. The van der Waals surface area contributed by atoms with Crippen LogP contribution in [0.15, 0.2) is 18.3 Å². The number of ketones is 1. The Labute approximate surface area is 154 Å². The van der Waals surface area contributed by atoms with Gasteiger partial charge in [-0.2, -0.15) is 0 Å². The number of hydrogen-bond donors (Lipinski definition) is 1. The van der Waals surface area contributed by atoms with E-state index in [1.807, 2.05) is 13.8 Å². The summed E-state index contributed by atoms with van der Waals surface area (Å²) in [4.78, 5) is 29.0. The van der Waals surface area contributed by atoms with Crippen molar-refractivity contribution in [2.24, 2.45) is 12.5 Å². The quantitative estimate of drug-likeness (QED) is 0.624. The second-order valence-corrected chi connectivity index (χ2v) is 8.11. The van der Waals surface area contributed by atoms with Gasteiger partial charge in [0.15, 0.2) is 0 Å². The number of carbonyl (C=O) groups excluding carboxylic acids is 2. The van der Waals surface area contributed by atoms with Gasteiger partial charge in [0, 0.05) is 51.4 Å². The van der Waals surface area contributed by atoms with E-state index in [4.69, 9.17) is 4.74 Å². The summed E-state index contributed by atoms with van der Waals surface area (Å²) in [5.74, 6) is -0.986. The molecule has 144 valence electrons. The minimum absolute atomic E-state index is 0.364. The second kappa shape index (κ2) is 7.13. The molecule has 0 spiro atoms. The number of aromatic nitrogens is 1. The molecule has 7 heteroatoms. The predicted octanol–water partition coefficient (Wildman–Crippen LogP) is 0.530. The van der Waals surface area contributed by atoms with E-state index in [2.05, 4.69) is 4.90 Å². The summed E-state index contributed by atoms with van der Waals surface area (Å²) < 4.78 is 7.03. The Hall–Kier alpha value is -1.70. The van der Waals surface area contributed by atoms with Crippen LogP contribution < -0.4 is 0 Å². The number of nitrogens with zero attached hydrogens (tertiary/aromatic N) is 3. The van der Waals surface area contributed by atoms with E-state index in [9.17, 15) is 14.7 Å². The van der Waals surface area contributed by atoms with Crippen LogP contribution in [0.1, 0.15) is 30.8 Å². The molecule has 1 unspecified atom stereocenters. The van der Waals surface area contributed by atoms with E-state index < -0.39 is 22.7 Å². The Bertz CT molecular complexity index is 678. The van der Waals surface area contributed by atoms with E-state index >= 15 is 0 Å². The van der Waals surface area contributed by atoms with Crippen LogP contribution in [0, 0.1) is 5.41 Å². The minimum atomic E-state index is -0.894. The maximum absolute atomic E-state index is 12.7. The predicted molar refractivity (Wildman–Crippen MR) is 96.9 cm³/mol. The molecular formula is C19H29N3O4. The third kappa shape index (κ3) is 3.56. The highest BCUT2D eigenvalue weighted by Crippen LogP contribution is 2.39. The summed E-state index contributed by atoms with van der Waals surface area (Å²) in [5.41, 5.74) is -1.01. The molecular weight excluding hydrogens is 334 g/mol. The lowest BCUT2D eigenvalue weighted by molar-refractivity contribution is -0.154. The molecule has 3 heterocycles. The molecule has 0 bridgehead atoms. The van der Waals surface area contributed by atoms with Gasteiger partial charge < -0.3 is 19.3 Å². The first-order valence-electron chi connectivity index (χ1n) is 9.21. The Balaban J connectivity index is 1.68. The summed E-state index contributed by atoms with van der Waals surface area (Å²) in [6.45, 7) is 8.26. The van der Waals surface area contributed by atoms with Crippen LogP contribution in [-0.2, 0) is 16.6 Å². The molecule has 1 atom stereocenters. The summed E-state index contributed by atoms with van der Waals surface area (Å²) in [6.07, 6.45) is 2.21. The normalized spacial score (nSPS) is 26.7. The van der Waals surface area contributed by atoms with E-state index in [-0.39, 0.29) is 0 Å². The van der Waals surface area contributed by atoms with Crippen LogP contribution in [0.5, 0.6) is 0 Å². The Morgan fingerprint density at radius 1 is 1.23 bits per heavy atom. The average Bonchev–Trinajstić information content (AvgIpc) is 3.03. The molecule has 2 saturated heterocycles. The van der Waals surface area contributed by atoms with Crippen LogP contribution in [-0.4, -0.2) is 82.7 Å². The van der Waals surface area contributed by atoms with Crippen molar-refractivity contribution < 1.29 is 19.4 Å². The summed E-state index contributed by atoms with van der Waals surface area (Å²) in [6, 6.07) is 3.41. The molecule has 0 aliphatic carbocycles. The van der Waals surface area contributed by atoms with Gasteiger partial charge in [-0.25, -0.2) is 0 Å². The van der Waals surface area contributed by atoms with Gasteiger partial charge in [0.05, 0.1) is 24.5 Å². The number of amides is 1. The zero-order valence-electron chi connectivity index (χ0n) is 15.9. The monoisotopic (exact) mass is 363 g/mol. The van der Waals surface area contributed by atoms with Gasteiger partial charge in [-0.3, -0.25) is 14.5 Å². The van der Waals surface area contributed by atoms with Crippen LogP contribution in [0.2, 0.25) is 0 Å². The number of morpholine rings is 1. The number of ether oxygens (including phenoxy) is 1. The molecule has 3 rings (SSSR count). The maximum Gasteiger partial charge on any atom is 0.296 e. The number of aryl methyl sites for hydroxylation is 1. The van der Waals surface area contributed by atoms with Gasteiger partial charge in [0.25, 0.3) is 11.7 Å². The van der Waals surface area contributed by atoms with Crippen molar-refractivity contribution in [1.82, 2.24) is 14.4 Å². The number of hydrogen-bond acceptors (Lipinski definition) is 5. The lowest BCUT2D eigenvalue weighted by Crippen LogP contribution is -2.63. The van der Waals surface area contributed by atoms with Crippen LogP contribution in [0.3, 0.4) is 0 Å². The molecule has 2 aliphatic heterocycles. The van der Waals surface area contributed by atoms with Crippen LogP contribution >= 0.6 is 0 Å². The van der Waals surface area contributed by atoms with Crippen LogP contribution in [0.4, 0.5) is 0 Å². The van der Waals surface area contributed by atoms with Crippen molar-refractivity contribution in [1.29, 1.82) is 0 Å². The van der Waals surface area contributed by atoms with Gasteiger partial charge in [-0.1, -0.05) is 13.8 Å². The molecule has 0 saturated carbocycles. The topological polar surface area (TPSA) is 75.0 Å². The molecule has 1 aromatic heterocycles. The standard InChI is InChI=1S/C19H29N3O4/c1-18(2)13-22(17(24)16(23)15-5-4-7-20(15)3)8-6-19(18,25)14-21-9-11-26-12-10-21/h4-5,7,25H,6,8-14H2,1-3H3. The number of rotatable bonds is 4. The van der Waals surface area contributed by atoms with E-state index in [0.717, 1.165) is 13.1 Å². The average molecular weight is 363 g/mol. The molecule has 0 radical (unpaired) electrons. The Morgan fingerprint density at radius 2 is 1.92 bits per heavy atom. The number of piperidine rings is 1. The number of likely N-dealkylation sites (tertiary alicyclic amines) is 1. The van der Waals surface area contributed by atoms with Crippen molar-refractivity contribution in [3.63, 3.8) is 0 Å². The van der Waals surface area contributed by atoms with Crippen molar-refractivity contribution in [2.75, 3.05) is 45.9 Å². The molecule has 0 aromatic carbocycles. The molecule has 1 N–H and O–H groups in total. The first-order valence-corrected chi connectivity index (χ1v) is 9.21. The van der Waals surface area contributed by atoms with Crippen molar-refractivity contribution >= 4 is 11.7 Å². The summed E-state index contributed by atoms with van der Waals surface area (Å²) >= 11 is 0. The zero-order valence-corrected chi connectivity index (χ0v) is 15.9. The largest absolute Gasteiger partial charge is 0.388 e.